The number of ether oxygens (including phenoxy) is 2. The van der Waals surface area contributed by atoms with Gasteiger partial charge in [-0.1, -0.05) is 6.07 Å². The minimum Gasteiger partial charge on any atom is -0.462 e. The molecule has 0 aliphatic rings. The van der Waals surface area contributed by atoms with Crippen molar-refractivity contribution in [2.45, 2.75) is 26.8 Å². The van der Waals surface area contributed by atoms with Crippen LogP contribution in [0.4, 0.5) is 4.39 Å². The van der Waals surface area contributed by atoms with Crippen molar-refractivity contribution in [3.63, 3.8) is 0 Å². The van der Waals surface area contributed by atoms with Crippen LogP contribution in [0.25, 0.3) is 10.9 Å². The average molecular weight is 336 g/mol. The summed E-state index contributed by atoms with van der Waals surface area (Å²) in [6.45, 7) is 5.64. The van der Waals surface area contributed by atoms with Crippen LogP contribution >= 0.6 is 0 Å². The van der Waals surface area contributed by atoms with Crippen molar-refractivity contribution in [3.05, 3.63) is 35.3 Å². The van der Waals surface area contributed by atoms with Gasteiger partial charge in [0.15, 0.2) is 5.82 Å². The number of nitrogens with two attached hydrogens (primary N) is 1. The van der Waals surface area contributed by atoms with Crippen molar-refractivity contribution in [1.29, 1.82) is 0 Å². The van der Waals surface area contributed by atoms with E-state index in [1.807, 2.05) is 0 Å². The Balaban J connectivity index is 2.72. The Morgan fingerprint density at radius 1 is 1.21 bits per heavy atom. The summed E-state index contributed by atoms with van der Waals surface area (Å²) in [4.78, 5) is 24.1. The van der Waals surface area contributed by atoms with Gasteiger partial charge < -0.3 is 19.8 Å². The molecule has 1 aromatic heterocycles. The van der Waals surface area contributed by atoms with Gasteiger partial charge in [0.1, 0.15) is 5.69 Å². The molecule has 0 saturated carbocycles. The van der Waals surface area contributed by atoms with E-state index >= 15 is 0 Å². The lowest BCUT2D eigenvalue weighted by atomic mass is 10.1. The highest BCUT2D eigenvalue weighted by molar-refractivity contribution is 5.99. The van der Waals surface area contributed by atoms with Crippen LogP contribution in [0, 0.1) is 5.82 Å². The van der Waals surface area contributed by atoms with Gasteiger partial charge >= 0.3 is 11.9 Å². The minimum atomic E-state index is -0.747. The molecule has 130 valence electrons. The molecule has 0 amide bonds. The molecule has 6 nitrogen and oxygen atoms in total. The first-order chi connectivity index (χ1) is 11.5. The number of carbonyl (C=O) groups is 2. The Hall–Kier alpha value is -2.41. The quantitative estimate of drug-likeness (QED) is 0.820. The third-order valence-electron chi connectivity index (χ3n) is 3.70. The molecule has 1 atom stereocenters. The van der Waals surface area contributed by atoms with Gasteiger partial charge in [0.05, 0.1) is 24.3 Å². The maximum Gasteiger partial charge on any atom is 0.354 e. The fourth-order valence-corrected chi connectivity index (χ4v) is 2.57. The molecule has 0 saturated heterocycles. The van der Waals surface area contributed by atoms with E-state index in [1.54, 1.807) is 26.8 Å². The highest BCUT2D eigenvalue weighted by Crippen LogP contribution is 2.29. The molecule has 2 aromatic rings. The Labute approximate surface area is 139 Å². The molecule has 7 heteroatoms. The van der Waals surface area contributed by atoms with Crippen molar-refractivity contribution in [2.24, 2.45) is 5.73 Å². The predicted molar refractivity (Wildman–Crippen MR) is 87.6 cm³/mol. The zero-order valence-corrected chi connectivity index (χ0v) is 14.0. The SMILES string of the molecule is CCOC(=O)c1ccc2cc(C(=O)OCC)n([C@H](C)CN)c2c1F. The fourth-order valence-electron chi connectivity index (χ4n) is 2.57. The number of benzene rings is 1. The topological polar surface area (TPSA) is 83.6 Å². The van der Waals surface area contributed by atoms with Crippen LogP contribution in [-0.4, -0.2) is 36.3 Å². The number of esters is 2. The Morgan fingerprint density at radius 2 is 1.83 bits per heavy atom. The van der Waals surface area contributed by atoms with E-state index in [0.717, 1.165) is 0 Å². The molecule has 0 radical (unpaired) electrons. The van der Waals surface area contributed by atoms with Crippen molar-refractivity contribution in [2.75, 3.05) is 19.8 Å². The molecule has 0 aliphatic carbocycles. The molecule has 0 unspecified atom stereocenters. The summed E-state index contributed by atoms with van der Waals surface area (Å²) >= 11 is 0. The van der Waals surface area contributed by atoms with Crippen molar-refractivity contribution < 1.29 is 23.5 Å². The van der Waals surface area contributed by atoms with Gasteiger partial charge in [-0.2, -0.15) is 0 Å². The number of hydrogen-bond donors (Lipinski definition) is 1. The normalized spacial score (nSPS) is 12.2. The van der Waals surface area contributed by atoms with Gasteiger partial charge in [-0.15, -0.1) is 0 Å². The van der Waals surface area contributed by atoms with Crippen molar-refractivity contribution >= 4 is 22.8 Å². The van der Waals surface area contributed by atoms with Crippen molar-refractivity contribution in [1.82, 2.24) is 4.57 Å². The molecule has 1 heterocycles. The van der Waals surface area contributed by atoms with Crippen LogP contribution in [0.3, 0.4) is 0 Å². The lowest BCUT2D eigenvalue weighted by Gasteiger charge is -2.17. The maximum absolute atomic E-state index is 14.9. The lowest BCUT2D eigenvalue weighted by molar-refractivity contribution is 0.0508. The molecule has 0 bridgehead atoms. The molecule has 2 rings (SSSR count). The van der Waals surface area contributed by atoms with Gasteiger partial charge in [0, 0.05) is 18.0 Å². The largest absolute Gasteiger partial charge is 0.462 e. The van der Waals surface area contributed by atoms with Gasteiger partial charge in [-0.05, 0) is 32.9 Å². The summed E-state index contributed by atoms with van der Waals surface area (Å²) < 4.78 is 26.3. The maximum atomic E-state index is 14.9. The number of nitrogens with zero attached hydrogens (tertiary/aromatic N) is 1. The van der Waals surface area contributed by atoms with E-state index < -0.39 is 17.8 Å². The highest BCUT2D eigenvalue weighted by Gasteiger charge is 2.25. The van der Waals surface area contributed by atoms with Gasteiger partial charge in [0.2, 0.25) is 0 Å². The number of rotatable bonds is 6. The summed E-state index contributed by atoms with van der Waals surface area (Å²) in [5, 5.41) is 0.490. The number of aromatic nitrogens is 1. The molecular formula is C17H21FN2O4. The van der Waals surface area contributed by atoms with Crippen LogP contribution in [0.5, 0.6) is 0 Å². The Kier molecular flexibility index (Phi) is 5.56. The number of halogens is 1. The van der Waals surface area contributed by atoms with Crippen LogP contribution in [-0.2, 0) is 9.47 Å². The number of hydrogen-bond acceptors (Lipinski definition) is 5. The second-order valence-corrected chi connectivity index (χ2v) is 5.29. The number of carbonyl (C=O) groups excluding carboxylic acids is 2. The molecular weight excluding hydrogens is 315 g/mol. The van der Waals surface area contributed by atoms with Gasteiger partial charge in [0.25, 0.3) is 0 Å². The molecule has 24 heavy (non-hydrogen) atoms. The molecule has 0 spiro atoms. The van der Waals surface area contributed by atoms with E-state index in [4.69, 9.17) is 15.2 Å². The molecule has 2 N–H and O–H groups in total. The fraction of sp³-hybridized carbons (Fsp3) is 0.412. The zero-order valence-electron chi connectivity index (χ0n) is 14.0. The minimum absolute atomic E-state index is 0.140. The zero-order chi connectivity index (χ0) is 17.9. The van der Waals surface area contributed by atoms with Crippen molar-refractivity contribution in [3.8, 4) is 0 Å². The predicted octanol–water partition coefficient (Wildman–Crippen LogP) is 2.65. The van der Waals surface area contributed by atoms with Crippen LogP contribution in [0.2, 0.25) is 0 Å². The third kappa shape index (κ3) is 3.12. The first-order valence-corrected chi connectivity index (χ1v) is 7.83. The van der Waals surface area contributed by atoms with E-state index in [2.05, 4.69) is 0 Å². The van der Waals surface area contributed by atoms with E-state index in [0.29, 0.717) is 5.39 Å². The van der Waals surface area contributed by atoms with Gasteiger partial charge in [-0.25, -0.2) is 14.0 Å². The van der Waals surface area contributed by atoms with Crippen LogP contribution < -0.4 is 5.73 Å². The van der Waals surface area contributed by atoms with E-state index in [-0.39, 0.29) is 42.6 Å². The first kappa shape index (κ1) is 17.9. The average Bonchev–Trinajstić information content (AvgIpc) is 2.95. The van der Waals surface area contributed by atoms with E-state index in [9.17, 15) is 14.0 Å². The summed E-state index contributed by atoms with van der Waals surface area (Å²) in [5.74, 6) is -2.05. The first-order valence-electron chi connectivity index (χ1n) is 7.83. The number of fused-ring (bicyclic) bond motifs is 1. The monoisotopic (exact) mass is 336 g/mol. The van der Waals surface area contributed by atoms with Gasteiger partial charge in [-0.3, -0.25) is 0 Å². The second-order valence-electron chi connectivity index (χ2n) is 5.29. The van der Waals surface area contributed by atoms with Crippen LogP contribution in [0.15, 0.2) is 18.2 Å². The summed E-state index contributed by atoms with van der Waals surface area (Å²) in [6, 6.07) is 4.11. The Morgan fingerprint density at radius 3 is 2.42 bits per heavy atom. The summed E-state index contributed by atoms with van der Waals surface area (Å²) in [5.41, 5.74) is 5.87. The molecule has 0 aliphatic heterocycles. The third-order valence-corrected chi connectivity index (χ3v) is 3.70. The molecule has 1 aromatic carbocycles. The lowest BCUT2D eigenvalue weighted by Crippen LogP contribution is -2.21. The standard InChI is InChI=1S/C17H21FN2O4/c1-4-23-16(21)12-7-6-11-8-13(17(22)24-5-2)20(10(3)9-19)15(11)14(12)18/h6-8,10H,4-5,9,19H2,1-3H3/t10-/m1/s1. The second kappa shape index (κ2) is 7.44. The highest BCUT2D eigenvalue weighted by atomic mass is 19.1. The smallest absolute Gasteiger partial charge is 0.354 e. The van der Waals surface area contributed by atoms with Crippen LogP contribution in [0.1, 0.15) is 47.7 Å². The molecule has 0 fully saturated rings. The summed E-state index contributed by atoms with van der Waals surface area (Å²) in [6.07, 6.45) is 0. The van der Waals surface area contributed by atoms with E-state index in [1.165, 1.54) is 16.7 Å². The Bertz CT molecular complexity index is 770. The summed E-state index contributed by atoms with van der Waals surface area (Å²) in [7, 11) is 0.